The Morgan fingerprint density at radius 3 is 2.45 bits per heavy atom. The molecule has 1 radical (unpaired) electrons. The summed E-state index contributed by atoms with van der Waals surface area (Å²) in [6, 6.07) is 0. The van der Waals surface area contributed by atoms with Gasteiger partial charge in [0.05, 0.1) is 0 Å². The molecule has 0 fully saturated rings. The Kier molecular flexibility index (Phi) is 15.1. The first-order chi connectivity index (χ1) is 4.77. The predicted octanol–water partition coefficient (Wildman–Crippen LogP) is 1.99. The van der Waals surface area contributed by atoms with E-state index in [-0.39, 0.29) is 29.6 Å². The van der Waals surface area contributed by atoms with Crippen LogP contribution in [-0.2, 0) is 0 Å². The van der Waals surface area contributed by atoms with Crippen LogP contribution in [0.4, 0.5) is 0 Å². The Morgan fingerprint density at radius 2 is 2.00 bits per heavy atom. The van der Waals surface area contributed by atoms with E-state index in [1.165, 1.54) is 25.7 Å². The van der Waals surface area contributed by atoms with E-state index in [9.17, 15) is 0 Å². The van der Waals surface area contributed by atoms with Gasteiger partial charge in [0, 0.05) is 36.1 Å². The molecule has 61 valence electrons. The van der Waals surface area contributed by atoms with Gasteiger partial charge in [-0.15, -0.1) is 12.6 Å². The molecule has 0 aliphatic carbocycles. The summed E-state index contributed by atoms with van der Waals surface area (Å²) in [5.41, 5.74) is 0. The van der Waals surface area contributed by atoms with Crippen LogP contribution in [0.3, 0.4) is 0 Å². The van der Waals surface area contributed by atoms with Crippen molar-refractivity contribution >= 4 is 58.7 Å². The topological polar surface area (TPSA) is 12.0 Å². The van der Waals surface area contributed by atoms with Gasteiger partial charge in [0.1, 0.15) is 4.32 Å². The zero-order valence-corrected chi connectivity index (χ0v) is 11.1. The minimum Gasteiger partial charge on any atom is -0.371 e. The average molecular weight is 200 g/mol. The van der Waals surface area contributed by atoms with Gasteiger partial charge in [0.2, 0.25) is 0 Å². The van der Waals surface area contributed by atoms with Crippen LogP contribution in [0.2, 0.25) is 0 Å². The summed E-state index contributed by atoms with van der Waals surface area (Å²) in [5, 5.41) is 3.00. The van der Waals surface area contributed by atoms with Crippen molar-refractivity contribution in [2.45, 2.75) is 32.6 Å². The van der Waals surface area contributed by atoms with E-state index in [1.807, 2.05) is 0 Å². The van der Waals surface area contributed by atoms with E-state index in [2.05, 4.69) is 24.9 Å². The second kappa shape index (κ2) is 11.2. The summed E-state index contributed by atoms with van der Waals surface area (Å²) in [6.45, 7) is 3.18. The molecule has 0 aliphatic heterocycles. The maximum atomic E-state index is 4.73. The van der Waals surface area contributed by atoms with Crippen LogP contribution in [0.1, 0.15) is 32.6 Å². The van der Waals surface area contributed by atoms with E-state index in [4.69, 9.17) is 12.2 Å². The number of nitrogens with one attached hydrogen (secondary N) is 1. The van der Waals surface area contributed by atoms with Crippen molar-refractivity contribution in [2.75, 3.05) is 6.54 Å². The predicted molar refractivity (Wildman–Crippen MR) is 59.5 cm³/mol. The van der Waals surface area contributed by atoms with E-state index in [1.54, 1.807) is 0 Å². The van der Waals surface area contributed by atoms with Crippen molar-refractivity contribution in [3.63, 3.8) is 0 Å². The molecule has 1 N–H and O–H groups in total. The minimum atomic E-state index is 0. The first-order valence-corrected chi connectivity index (χ1v) is 4.59. The van der Waals surface area contributed by atoms with Gasteiger partial charge in [-0.05, 0) is 6.42 Å². The number of thiocarbonyl (C=S) groups is 1. The maximum absolute atomic E-state index is 4.73. The van der Waals surface area contributed by atoms with Crippen LogP contribution in [0.25, 0.3) is 0 Å². The molecule has 0 atom stereocenters. The Bertz CT molecular complexity index is 98.4. The van der Waals surface area contributed by atoms with Crippen molar-refractivity contribution in [3.8, 4) is 0 Å². The quantitative estimate of drug-likeness (QED) is 0.305. The molecule has 0 heterocycles. The molecule has 11 heavy (non-hydrogen) atoms. The van der Waals surface area contributed by atoms with E-state index < -0.39 is 0 Å². The second-order valence-corrected chi connectivity index (χ2v) is 3.45. The summed E-state index contributed by atoms with van der Waals surface area (Å²) >= 11 is 8.67. The SMILES string of the molecule is CCCCCCNC(=S)S.[Na]. The molecule has 0 unspecified atom stereocenters. The molecule has 0 aromatic carbocycles. The smallest absolute Gasteiger partial charge is 0.130 e. The van der Waals surface area contributed by atoms with Gasteiger partial charge in [-0.25, -0.2) is 0 Å². The molecule has 0 saturated carbocycles. The Hall–Kier alpha value is 1.24. The normalized spacial score (nSPS) is 8.55. The Balaban J connectivity index is 0. The van der Waals surface area contributed by atoms with Crippen molar-refractivity contribution in [1.82, 2.24) is 5.32 Å². The Morgan fingerprint density at radius 1 is 1.36 bits per heavy atom. The standard InChI is InChI=1S/C7H15NS2.Na/c1-2-3-4-5-6-8-7(9)10;/h2-6H2,1H3,(H2,8,9,10);. The summed E-state index contributed by atoms with van der Waals surface area (Å²) < 4.78 is 0.608. The van der Waals surface area contributed by atoms with Gasteiger partial charge in [-0.2, -0.15) is 0 Å². The number of hydrogen-bond donors (Lipinski definition) is 2. The van der Waals surface area contributed by atoms with Crippen LogP contribution in [0.15, 0.2) is 0 Å². The van der Waals surface area contributed by atoms with Crippen LogP contribution in [0.5, 0.6) is 0 Å². The van der Waals surface area contributed by atoms with Gasteiger partial charge in [0.25, 0.3) is 0 Å². The van der Waals surface area contributed by atoms with E-state index >= 15 is 0 Å². The molecule has 1 nitrogen and oxygen atoms in total. The number of rotatable bonds is 5. The van der Waals surface area contributed by atoms with Gasteiger partial charge in [-0.1, -0.05) is 38.4 Å². The fourth-order valence-corrected chi connectivity index (χ4v) is 0.961. The minimum absolute atomic E-state index is 0. The zero-order chi connectivity index (χ0) is 7.82. The molecule has 4 heteroatoms. The van der Waals surface area contributed by atoms with Gasteiger partial charge >= 0.3 is 0 Å². The summed E-state index contributed by atoms with van der Waals surface area (Å²) in [5.74, 6) is 0. The molecule has 0 bridgehead atoms. The van der Waals surface area contributed by atoms with Crippen molar-refractivity contribution in [3.05, 3.63) is 0 Å². The van der Waals surface area contributed by atoms with Crippen LogP contribution >= 0.6 is 24.8 Å². The summed E-state index contributed by atoms with van der Waals surface area (Å²) in [7, 11) is 0. The number of hydrogen-bond acceptors (Lipinski definition) is 1. The fraction of sp³-hybridized carbons (Fsp3) is 0.857. The molecular formula is C7H15NNaS2. The largest absolute Gasteiger partial charge is 0.371 e. The molecule has 0 saturated heterocycles. The summed E-state index contributed by atoms with van der Waals surface area (Å²) in [6.07, 6.45) is 5.10. The third-order valence-electron chi connectivity index (χ3n) is 1.31. The molecular weight excluding hydrogens is 185 g/mol. The maximum Gasteiger partial charge on any atom is 0.130 e. The average Bonchev–Trinajstić information content (AvgIpc) is 1.87. The first kappa shape index (κ1) is 14.7. The molecule has 0 aromatic rings. The third-order valence-corrected chi connectivity index (χ3v) is 1.61. The van der Waals surface area contributed by atoms with Gasteiger partial charge < -0.3 is 5.32 Å². The number of thiol groups is 1. The van der Waals surface area contributed by atoms with Crippen LogP contribution < -0.4 is 5.32 Å². The van der Waals surface area contributed by atoms with Crippen molar-refractivity contribution in [2.24, 2.45) is 0 Å². The van der Waals surface area contributed by atoms with E-state index in [0.717, 1.165) is 6.54 Å². The van der Waals surface area contributed by atoms with Crippen molar-refractivity contribution < 1.29 is 0 Å². The number of unbranched alkanes of at least 4 members (excludes halogenated alkanes) is 3. The fourth-order valence-electron chi connectivity index (χ4n) is 0.747. The monoisotopic (exact) mass is 200 g/mol. The third kappa shape index (κ3) is 14.1. The van der Waals surface area contributed by atoms with Crippen LogP contribution in [-0.4, -0.2) is 40.4 Å². The molecule has 0 spiro atoms. The van der Waals surface area contributed by atoms with Crippen molar-refractivity contribution in [1.29, 1.82) is 0 Å². The molecule has 0 aromatic heterocycles. The van der Waals surface area contributed by atoms with Gasteiger partial charge in [-0.3, -0.25) is 0 Å². The molecule has 0 rings (SSSR count). The zero-order valence-electron chi connectivity index (χ0n) is 7.39. The van der Waals surface area contributed by atoms with Crippen LogP contribution in [0, 0.1) is 0 Å². The first-order valence-electron chi connectivity index (χ1n) is 3.74. The summed E-state index contributed by atoms with van der Waals surface area (Å²) in [4.78, 5) is 0. The Labute approximate surface area is 102 Å². The van der Waals surface area contributed by atoms with E-state index in [0.29, 0.717) is 4.32 Å². The van der Waals surface area contributed by atoms with Gasteiger partial charge in [0.15, 0.2) is 0 Å². The second-order valence-electron chi connectivity index (χ2n) is 2.29. The molecule has 0 aliphatic rings. The molecule has 0 amide bonds.